The van der Waals surface area contributed by atoms with Crippen LogP contribution in [0.3, 0.4) is 0 Å². The summed E-state index contributed by atoms with van der Waals surface area (Å²) in [4.78, 5) is 2.16. The van der Waals surface area contributed by atoms with Crippen LogP contribution in [0.5, 0.6) is 5.75 Å². The van der Waals surface area contributed by atoms with Gasteiger partial charge >= 0.3 is 6.61 Å². The van der Waals surface area contributed by atoms with E-state index in [2.05, 4.69) is 23.5 Å². The number of rotatable bonds is 3. The molecule has 1 aromatic rings. The number of benzene rings is 1. The first kappa shape index (κ1) is 17.4. The molecule has 1 saturated heterocycles. The number of hydrogen-bond acceptors (Lipinski definition) is 3. The number of piperidine rings is 1. The summed E-state index contributed by atoms with van der Waals surface area (Å²) in [6, 6.07) is 4.37. The van der Waals surface area contributed by atoms with Crippen LogP contribution in [0.4, 0.5) is 18.9 Å². The Morgan fingerprint density at radius 3 is 2.71 bits per heavy atom. The van der Waals surface area contributed by atoms with Gasteiger partial charge in [-0.25, -0.2) is 4.39 Å². The van der Waals surface area contributed by atoms with Gasteiger partial charge in [0.15, 0.2) is 11.6 Å². The van der Waals surface area contributed by atoms with Crippen LogP contribution in [-0.2, 0) is 0 Å². The zero-order chi connectivity index (χ0) is 17.5. The van der Waals surface area contributed by atoms with E-state index >= 15 is 0 Å². The lowest BCUT2D eigenvalue weighted by Gasteiger charge is -2.57. The van der Waals surface area contributed by atoms with Crippen molar-refractivity contribution in [2.75, 3.05) is 11.4 Å². The summed E-state index contributed by atoms with van der Waals surface area (Å²) in [5.41, 5.74) is 7.15. The van der Waals surface area contributed by atoms with Gasteiger partial charge in [0, 0.05) is 29.9 Å². The average Bonchev–Trinajstić information content (AvgIpc) is 2.46. The van der Waals surface area contributed by atoms with E-state index in [0.29, 0.717) is 5.69 Å². The maximum atomic E-state index is 14.2. The summed E-state index contributed by atoms with van der Waals surface area (Å²) in [6.45, 7) is 2.08. The van der Waals surface area contributed by atoms with E-state index in [1.807, 2.05) is 0 Å². The van der Waals surface area contributed by atoms with E-state index in [1.54, 1.807) is 6.07 Å². The fraction of sp³-hybridized carbons (Fsp3) is 0.667. The molecule has 3 nitrogen and oxygen atoms in total. The molecule has 0 unspecified atom stereocenters. The number of fused-ring (bicyclic) bond motifs is 1. The summed E-state index contributed by atoms with van der Waals surface area (Å²) in [6.07, 6.45) is 5.11. The Balaban J connectivity index is 1.92. The van der Waals surface area contributed by atoms with Crippen LogP contribution in [0.1, 0.15) is 46.0 Å². The Bertz CT molecular complexity index is 608. The molecule has 2 fully saturated rings. The first-order chi connectivity index (χ1) is 11.2. The highest BCUT2D eigenvalue weighted by atomic mass is 19.3. The standard InChI is InChI=1S/C18H25F3N2O/c1-17(2)10-18(22)8-4-3-5-15(18)23(11-17)12-6-7-14(13(19)9-12)24-16(20)21/h6-7,9,15-16H,3-5,8,10-11,22H2,1-2H3/t15-,18-/m0/s1. The van der Waals surface area contributed by atoms with E-state index in [4.69, 9.17) is 5.73 Å². The third-order valence-corrected chi connectivity index (χ3v) is 5.28. The van der Waals surface area contributed by atoms with E-state index in [-0.39, 0.29) is 17.0 Å². The van der Waals surface area contributed by atoms with Gasteiger partial charge in [-0.2, -0.15) is 8.78 Å². The van der Waals surface area contributed by atoms with E-state index in [9.17, 15) is 13.2 Å². The molecule has 0 radical (unpaired) electrons. The van der Waals surface area contributed by atoms with Crippen molar-refractivity contribution in [1.82, 2.24) is 0 Å². The molecule has 134 valence electrons. The highest BCUT2D eigenvalue weighted by molar-refractivity contribution is 5.52. The van der Waals surface area contributed by atoms with Crippen LogP contribution in [0, 0.1) is 11.2 Å². The van der Waals surface area contributed by atoms with Gasteiger partial charge in [0.1, 0.15) is 0 Å². The number of alkyl halides is 2. The molecule has 1 aliphatic heterocycles. The van der Waals surface area contributed by atoms with Crippen molar-refractivity contribution in [3.8, 4) is 5.75 Å². The van der Waals surface area contributed by atoms with Crippen LogP contribution in [0.25, 0.3) is 0 Å². The van der Waals surface area contributed by atoms with Crippen LogP contribution in [0.2, 0.25) is 0 Å². The van der Waals surface area contributed by atoms with Crippen molar-refractivity contribution >= 4 is 5.69 Å². The zero-order valence-electron chi connectivity index (χ0n) is 14.2. The molecule has 1 aliphatic carbocycles. The average molecular weight is 342 g/mol. The Kier molecular flexibility index (Phi) is 4.45. The number of ether oxygens (including phenoxy) is 1. The van der Waals surface area contributed by atoms with Gasteiger partial charge in [-0.15, -0.1) is 0 Å². The normalized spacial score (nSPS) is 29.5. The SMILES string of the molecule is CC1(C)CN(c2ccc(OC(F)F)c(F)c2)[C@H]2CCCC[C@]2(N)C1. The highest BCUT2D eigenvalue weighted by Gasteiger charge is 2.49. The molecule has 0 amide bonds. The summed E-state index contributed by atoms with van der Waals surface area (Å²) in [5, 5.41) is 0. The van der Waals surface area contributed by atoms with Gasteiger partial charge in [-0.3, -0.25) is 0 Å². The third-order valence-electron chi connectivity index (χ3n) is 5.28. The molecule has 1 aromatic carbocycles. The molecule has 1 saturated carbocycles. The van der Waals surface area contributed by atoms with E-state index in [0.717, 1.165) is 38.6 Å². The Morgan fingerprint density at radius 1 is 1.29 bits per heavy atom. The third kappa shape index (κ3) is 3.34. The monoisotopic (exact) mass is 342 g/mol. The fourth-order valence-corrected chi connectivity index (χ4v) is 4.57. The number of nitrogens with zero attached hydrogens (tertiary/aromatic N) is 1. The molecule has 6 heteroatoms. The van der Waals surface area contributed by atoms with Crippen molar-refractivity contribution < 1.29 is 17.9 Å². The highest BCUT2D eigenvalue weighted by Crippen LogP contribution is 2.46. The van der Waals surface area contributed by atoms with Crippen LogP contribution in [-0.4, -0.2) is 24.7 Å². The van der Waals surface area contributed by atoms with Crippen LogP contribution < -0.4 is 15.4 Å². The van der Waals surface area contributed by atoms with Crippen molar-refractivity contribution in [2.45, 2.75) is 64.1 Å². The quantitative estimate of drug-likeness (QED) is 0.890. The van der Waals surface area contributed by atoms with Gasteiger partial charge in [-0.1, -0.05) is 26.7 Å². The molecule has 0 bridgehead atoms. The molecular formula is C18H25F3N2O. The van der Waals surface area contributed by atoms with Gasteiger partial charge in [0.25, 0.3) is 0 Å². The number of halogens is 3. The molecule has 2 N–H and O–H groups in total. The smallest absolute Gasteiger partial charge is 0.387 e. The molecule has 3 rings (SSSR count). The molecular weight excluding hydrogens is 317 g/mol. The molecule has 1 heterocycles. The lowest BCUT2D eigenvalue weighted by Crippen LogP contribution is -2.67. The van der Waals surface area contributed by atoms with Crippen molar-refractivity contribution in [2.24, 2.45) is 11.1 Å². The second-order valence-corrected chi connectivity index (χ2v) is 7.96. The first-order valence-electron chi connectivity index (χ1n) is 8.50. The minimum atomic E-state index is -3.03. The zero-order valence-corrected chi connectivity index (χ0v) is 14.2. The molecule has 24 heavy (non-hydrogen) atoms. The van der Waals surface area contributed by atoms with Gasteiger partial charge in [-0.05, 0) is 36.8 Å². The summed E-state index contributed by atoms with van der Waals surface area (Å²) >= 11 is 0. The molecule has 0 aromatic heterocycles. The van der Waals surface area contributed by atoms with Gasteiger partial charge in [0.05, 0.1) is 0 Å². The van der Waals surface area contributed by atoms with Gasteiger partial charge < -0.3 is 15.4 Å². The second kappa shape index (κ2) is 6.14. The summed E-state index contributed by atoms with van der Waals surface area (Å²) in [5.74, 6) is -1.19. The number of hydrogen-bond donors (Lipinski definition) is 1. The van der Waals surface area contributed by atoms with Crippen molar-refractivity contribution in [1.29, 1.82) is 0 Å². The molecule has 0 spiro atoms. The molecule has 2 aliphatic rings. The van der Waals surface area contributed by atoms with Gasteiger partial charge in [0.2, 0.25) is 0 Å². The van der Waals surface area contributed by atoms with Crippen molar-refractivity contribution in [3.05, 3.63) is 24.0 Å². The molecule has 2 atom stereocenters. The Hall–Kier alpha value is -1.43. The number of anilines is 1. The number of nitrogens with two attached hydrogens (primary N) is 1. The maximum absolute atomic E-state index is 14.2. The van der Waals surface area contributed by atoms with E-state index < -0.39 is 18.2 Å². The topological polar surface area (TPSA) is 38.5 Å². The fourth-order valence-electron chi connectivity index (χ4n) is 4.57. The predicted molar refractivity (Wildman–Crippen MR) is 88.0 cm³/mol. The lowest BCUT2D eigenvalue weighted by atomic mass is 9.65. The van der Waals surface area contributed by atoms with E-state index in [1.165, 1.54) is 12.1 Å². The van der Waals surface area contributed by atoms with Crippen LogP contribution in [0.15, 0.2) is 18.2 Å². The Labute approximate surface area is 141 Å². The largest absolute Gasteiger partial charge is 0.432 e. The minimum absolute atomic E-state index is 0.0111. The predicted octanol–water partition coefficient (Wildman–Crippen LogP) is 4.30. The van der Waals surface area contributed by atoms with Crippen molar-refractivity contribution in [3.63, 3.8) is 0 Å². The Morgan fingerprint density at radius 2 is 2.04 bits per heavy atom. The minimum Gasteiger partial charge on any atom is -0.432 e. The second-order valence-electron chi connectivity index (χ2n) is 7.96. The summed E-state index contributed by atoms with van der Waals surface area (Å²) < 4.78 is 43.0. The maximum Gasteiger partial charge on any atom is 0.387 e. The lowest BCUT2D eigenvalue weighted by molar-refractivity contribution is -0.0521. The first-order valence-corrected chi connectivity index (χ1v) is 8.50. The van der Waals surface area contributed by atoms with Crippen LogP contribution >= 0.6 is 0 Å². The summed E-state index contributed by atoms with van der Waals surface area (Å²) in [7, 11) is 0.